The molecule has 0 amide bonds. The quantitative estimate of drug-likeness (QED) is 0.519. The predicted molar refractivity (Wildman–Crippen MR) is 115 cm³/mol. The highest BCUT2D eigenvalue weighted by molar-refractivity contribution is 5.83. The average molecular weight is 413 g/mol. The topological polar surface area (TPSA) is 122 Å². The molecule has 0 aliphatic carbocycles. The van der Waals surface area contributed by atoms with Crippen LogP contribution in [0.15, 0.2) is 23.0 Å². The second-order valence-corrected chi connectivity index (χ2v) is 7.63. The first-order valence-corrected chi connectivity index (χ1v) is 9.92. The molecule has 9 heteroatoms. The molecular formula is C21H27N5O4. The zero-order valence-electron chi connectivity index (χ0n) is 17.9. The van der Waals surface area contributed by atoms with Gasteiger partial charge in [0.25, 0.3) is 5.56 Å². The standard InChI is InChI=1S/C21H27N5O4/c1-6-8-14-16-17(26(5)25-14)19(27)23-18(22-16)13-11-12(9-10-15(13)30-7-2)24-21(3,4)20(28)29/h9-11,24H,6-8H2,1-5H3,(H,28,29)(H,22,23,27). The van der Waals surface area contributed by atoms with Crippen molar-refractivity contribution in [2.24, 2.45) is 7.05 Å². The van der Waals surface area contributed by atoms with Crippen LogP contribution in [0.5, 0.6) is 5.75 Å². The molecule has 0 unspecified atom stereocenters. The molecule has 3 rings (SSSR count). The zero-order valence-corrected chi connectivity index (χ0v) is 17.9. The molecule has 0 fully saturated rings. The van der Waals surface area contributed by atoms with Gasteiger partial charge in [0.05, 0.1) is 17.9 Å². The number of ether oxygens (including phenoxy) is 1. The Bertz CT molecular complexity index is 1150. The number of benzene rings is 1. The average Bonchev–Trinajstić information content (AvgIpc) is 2.99. The Morgan fingerprint density at radius 1 is 1.33 bits per heavy atom. The summed E-state index contributed by atoms with van der Waals surface area (Å²) in [6.07, 6.45) is 1.59. The number of carboxylic acid groups (broad SMARTS) is 1. The van der Waals surface area contributed by atoms with Gasteiger partial charge in [-0.1, -0.05) is 13.3 Å². The minimum atomic E-state index is -1.17. The molecule has 0 saturated carbocycles. The molecule has 2 heterocycles. The number of carboxylic acids is 1. The Hall–Kier alpha value is -3.36. The van der Waals surface area contributed by atoms with Crippen LogP contribution in [0, 0.1) is 0 Å². The fraction of sp³-hybridized carbons (Fsp3) is 0.429. The second kappa shape index (κ2) is 8.17. The van der Waals surface area contributed by atoms with Crippen LogP contribution in [0.3, 0.4) is 0 Å². The van der Waals surface area contributed by atoms with Crippen molar-refractivity contribution in [3.05, 3.63) is 34.2 Å². The number of aromatic nitrogens is 4. The summed E-state index contributed by atoms with van der Waals surface area (Å²) in [5.74, 6) is -0.0943. The van der Waals surface area contributed by atoms with Crippen LogP contribution in [0.4, 0.5) is 5.69 Å². The smallest absolute Gasteiger partial charge is 0.328 e. The summed E-state index contributed by atoms with van der Waals surface area (Å²) in [5.41, 5.74) is 1.41. The molecule has 9 nitrogen and oxygen atoms in total. The highest BCUT2D eigenvalue weighted by Gasteiger charge is 2.27. The van der Waals surface area contributed by atoms with Crippen LogP contribution in [-0.2, 0) is 18.3 Å². The van der Waals surface area contributed by atoms with E-state index in [4.69, 9.17) is 9.72 Å². The van der Waals surface area contributed by atoms with E-state index in [0.717, 1.165) is 12.1 Å². The van der Waals surface area contributed by atoms with E-state index in [1.165, 1.54) is 0 Å². The van der Waals surface area contributed by atoms with Gasteiger partial charge in [-0.3, -0.25) is 9.48 Å². The number of nitrogens with one attached hydrogen (secondary N) is 2. The molecule has 3 N–H and O–H groups in total. The van der Waals surface area contributed by atoms with E-state index in [0.29, 0.717) is 46.9 Å². The number of rotatable bonds is 8. The second-order valence-electron chi connectivity index (χ2n) is 7.63. The van der Waals surface area contributed by atoms with Crippen LogP contribution < -0.4 is 15.6 Å². The third-order valence-corrected chi connectivity index (χ3v) is 4.78. The Kier molecular flexibility index (Phi) is 5.82. The van der Waals surface area contributed by atoms with Gasteiger partial charge in [-0.05, 0) is 45.4 Å². The van der Waals surface area contributed by atoms with Crippen molar-refractivity contribution >= 4 is 22.7 Å². The van der Waals surface area contributed by atoms with E-state index in [-0.39, 0.29) is 5.56 Å². The maximum atomic E-state index is 12.8. The molecule has 0 spiro atoms. The number of aromatic amines is 1. The summed E-state index contributed by atoms with van der Waals surface area (Å²) in [6.45, 7) is 7.49. The van der Waals surface area contributed by atoms with Crippen LogP contribution in [0.25, 0.3) is 22.4 Å². The van der Waals surface area contributed by atoms with Crippen molar-refractivity contribution in [2.75, 3.05) is 11.9 Å². The lowest BCUT2D eigenvalue weighted by atomic mass is 10.0. The van der Waals surface area contributed by atoms with Gasteiger partial charge < -0.3 is 20.1 Å². The predicted octanol–water partition coefficient (Wildman–Crippen LogP) is 2.95. The number of hydrogen-bond donors (Lipinski definition) is 3. The van der Waals surface area contributed by atoms with Crippen LogP contribution in [0.1, 0.15) is 39.8 Å². The molecule has 0 aliphatic rings. The first-order chi connectivity index (χ1) is 14.2. The van der Waals surface area contributed by atoms with Gasteiger partial charge in [0.2, 0.25) is 0 Å². The molecule has 3 aromatic rings. The van der Waals surface area contributed by atoms with E-state index < -0.39 is 11.5 Å². The van der Waals surface area contributed by atoms with Gasteiger partial charge in [0.1, 0.15) is 22.6 Å². The third kappa shape index (κ3) is 4.00. The molecule has 1 aromatic carbocycles. The summed E-state index contributed by atoms with van der Waals surface area (Å²) in [5, 5.41) is 16.8. The Labute approximate surface area is 174 Å². The van der Waals surface area contributed by atoms with Gasteiger partial charge in [-0.25, -0.2) is 9.78 Å². The largest absolute Gasteiger partial charge is 0.493 e. The third-order valence-electron chi connectivity index (χ3n) is 4.78. The molecule has 0 aliphatic heterocycles. The molecule has 0 saturated heterocycles. The van der Waals surface area contributed by atoms with Crippen molar-refractivity contribution in [1.82, 2.24) is 19.7 Å². The van der Waals surface area contributed by atoms with Gasteiger partial charge in [0, 0.05) is 12.7 Å². The van der Waals surface area contributed by atoms with Crippen LogP contribution in [0.2, 0.25) is 0 Å². The Balaban J connectivity index is 2.18. The molecule has 0 bridgehead atoms. The SMILES string of the molecule is CCCc1nn(C)c2c(=O)[nH]c(-c3cc(NC(C)(C)C(=O)O)ccc3OCC)nc12. The maximum Gasteiger partial charge on any atom is 0.328 e. The number of anilines is 1. The van der Waals surface area contributed by atoms with E-state index in [1.807, 2.05) is 13.8 Å². The first kappa shape index (κ1) is 21.4. The summed E-state index contributed by atoms with van der Waals surface area (Å²) >= 11 is 0. The minimum absolute atomic E-state index is 0.293. The molecule has 160 valence electrons. The Morgan fingerprint density at radius 2 is 2.07 bits per heavy atom. The van der Waals surface area contributed by atoms with Crippen molar-refractivity contribution in [3.8, 4) is 17.1 Å². The lowest BCUT2D eigenvalue weighted by Gasteiger charge is -2.23. The van der Waals surface area contributed by atoms with Crippen LogP contribution in [-0.4, -0.2) is 43.0 Å². The first-order valence-electron chi connectivity index (χ1n) is 9.92. The van der Waals surface area contributed by atoms with Crippen molar-refractivity contribution < 1.29 is 14.6 Å². The van der Waals surface area contributed by atoms with Gasteiger partial charge in [0.15, 0.2) is 5.52 Å². The molecular weight excluding hydrogens is 386 g/mol. The number of aliphatic carboxylic acids is 1. The number of carbonyl (C=O) groups is 1. The minimum Gasteiger partial charge on any atom is -0.493 e. The molecule has 2 aromatic heterocycles. The monoisotopic (exact) mass is 413 g/mol. The summed E-state index contributed by atoms with van der Waals surface area (Å²) in [4.78, 5) is 31.8. The van der Waals surface area contributed by atoms with Crippen molar-refractivity contribution in [3.63, 3.8) is 0 Å². The molecule has 0 radical (unpaired) electrons. The maximum absolute atomic E-state index is 12.8. The van der Waals surface area contributed by atoms with E-state index in [2.05, 4.69) is 15.4 Å². The number of aryl methyl sites for hydroxylation is 2. The van der Waals surface area contributed by atoms with Crippen molar-refractivity contribution in [1.29, 1.82) is 0 Å². The highest BCUT2D eigenvalue weighted by Crippen LogP contribution is 2.32. The summed E-state index contributed by atoms with van der Waals surface area (Å²) in [7, 11) is 1.72. The normalized spacial score (nSPS) is 11.6. The van der Waals surface area contributed by atoms with Crippen molar-refractivity contribution in [2.45, 2.75) is 46.1 Å². The van der Waals surface area contributed by atoms with E-state index in [1.54, 1.807) is 43.8 Å². The lowest BCUT2D eigenvalue weighted by Crippen LogP contribution is -2.39. The van der Waals surface area contributed by atoms with E-state index >= 15 is 0 Å². The number of nitrogens with zero attached hydrogens (tertiary/aromatic N) is 3. The number of H-pyrrole nitrogens is 1. The fourth-order valence-corrected chi connectivity index (χ4v) is 3.27. The Morgan fingerprint density at radius 3 is 2.70 bits per heavy atom. The summed E-state index contributed by atoms with van der Waals surface area (Å²) < 4.78 is 7.28. The van der Waals surface area contributed by atoms with Crippen LogP contribution >= 0.6 is 0 Å². The van der Waals surface area contributed by atoms with Gasteiger partial charge in [-0.2, -0.15) is 5.10 Å². The number of fused-ring (bicyclic) bond motifs is 1. The molecule has 0 atom stereocenters. The number of hydrogen-bond acceptors (Lipinski definition) is 6. The fourth-order valence-electron chi connectivity index (χ4n) is 3.27. The zero-order chi connectivity index (χ0) is 22.1. The van der Waals surface area contributed by atoms with Gasteiger partial charge >= 0.3 is 5.97 Å². The highest BCUT2D eigenvalue weighted by atomic mass is 16.5. The lowest BCUT2D eigenvalue weighted by molar-refractivity contribution is -0.141. The molecule has 30 heavy (non-hydrogen) atoms. The summed E-state index contributed by atoms with van der Waals surface area (Å²) in [6, 6.07) is 5.21. The van der Waals surface area contributed by atoms with Gasteiger partial charge in [-0.15, -0.1) is 0 Å². The van der Waals surface area contributed by atoms with E-state index in [9.17, 15) is 14.7 Å².